The highest BCUT2D eigenvalue weighted by molar-refractivity contribution is 9.10. The number of methoxy groups -OCH3 is 2. The number of nitrogens with zero attached hydrogens (tertiary/aromatic N) is 2. The molecule has 0 atom stereocenters. The Morgan fingerprint density at radius 3 is 2.43 bits per heavy atom. The van der Waals surface area contributed by atoms with Crippen molar-refractivity contribution < 1.29 is 9.47 Å². The van der Waals surface area contributed by atoms with Gasteiger partial charge in [0.2, 0.25) is 0 Å². The predicted molar refractivity (Wildman–Crippen MR) is 86.2 cm³/mol. The maximum Gasteiger partial charge on any atom is 0.161 e. The van der Waals surface area contributed by atoms with Crippen LogP contribution in [0.15, 0.2) is 35.1 Å². The van der Waals surface area contributed by atoms with Crippen LogP contribution in [0.25, 0.3) is 0 Å². The summed E-state index contributed by atoms with van der Waals surface area (Å²) in [5.74, 6) is 1.58. The van der Waals surface area contributed by atoms with E-state index in [0.29, 0.717) is 0 Å². The van der Waals surface area contributed by atoms with Crippen LogP contribution in [0.2, 0.25) is 0 Å². The molecule has 1 aromatic heterocycles. The molecule has 0 saturated carbocycles. The molecule has 1 aliphatic rings. The number of ether oxygens (including phenoxy) is 2. The first-order valence-corrected chi connectivity index (χ1v) is 7.60. The number of pyridine rings is 1. The summed E-state index contributed by atoms with van der Waals surface area (Å²) in [5, 5.41) is 0. The SMILES string of the molecule is COc1cc2c(cc1OC)CN(c1cncc(Br)c1)CC2. The zero-order chi connectivity index (χ0) is 14.8. The Bertz CT molecular complexity index is 661. The molecule has 2 heterocycles. The third-order valence-electron chi connectivity index (χ3n) is 3.77. The second-order valence-corrected chi connectivity index (χ2v) is 5.92. The fourth-order valence-corrected chi connectivity index (χ4v) is 3.03. The minimum atomic E-state index is 0.783. The third-order valence-corrected chi connectivity index (χ3v) is 4.21. The van der Waals surface area contributed by atoms with Crippen molar-refractivity contribution in [2.45, 2.75) is 13.0 Å². The number of benzene rings is 1. The number of halogens is 1. The van der Waals surface area contributed by atoms with E-state index in [-0.39, 0.29) is 0 Å². The van der Waals surface area contributed by atoms with Crippen molar-refractivity contribution in [2.75, 3.05) is 25.7 Å². The molecule has 2 aromatic rings. The average molecular weight is 349 g/mol. The van der Waals surface area contributed by atoms with E-state index in [9.17, 15) is 0 Å². The maximum absolute atomic E-state index is 5.40. The molecule has 0 bridgehead atoms. The molecular formula is C16H17BrN2O2. The van der Waals surface area contributed by atoms with Crippen LogP contribution in [0.3, 0.4) is 0 Å². The molecule has 1 aliphatic heterocycles. The highest BCUT2D eigenvalue weighted by Crippen LogP contribution is 2.34. The molecule has 0 spiro atoms. The van der Waals surface area contributed by atoms with Crippen molar-refractivity contribution in [1.29, 1.82) is 0 Å². The van der Waals surface area contributed by atoms with E-state index in [4.69, 9.17) is 9.47 Å². The van der Waals surface area contributed by atoms with E-state index in [0.717, 1.165) is 41.2 Å². The zero-order valence-corrected chi connectivity index (χ0v) is 13.7. The Balaban J connectivity index is 1.91. The van der Waals surface area contributed by atoms with Gasteiger partial charge in [0.15, 0.2) is 11.5 Å². The van der Waals surface area contributed by atoms with Crippen LogP contribution in [0, 0.1) is 0 Å². The van der Waals surface area contributed by atoms with E-state index in [1.54, 1.807) is 20.4 Å². The van der Waals surface area contributed by atoms with Gasteiger partial charge in [0.05, 0.1) is 26.1 Å². The summed E-state index contributed by atoms with van der Waals surface area (Å²) in [4.78, 5) is 6.57. The monoisotopic (exact) mass is 348 g/mol. The van der Waals surface area contributed by atoms with Gasteiger partial charge in [-0.1, -0.05) is 0 Å². The second kappa shape index (κ2) is 5.93. The summed E-state index contributed by atoms with van der Waals surface area (Å²) in [7, 11) is 3.34. The van der Waals surface area contributed by atoms with Crippen LogP contribution in [-0.2, 0) is 13.0 Å². The van der Waals surface area contributed by atoms with Crippen LogP contribution in [0.5, 0.6) is 11.5 Å². The minimum Gasteiger partial charge on any atom is -0.493 e. The second-order valence-electron chi connectivity index (χ2n) is 5.01. The highest BCUT2D eigenvalue weighted by atomic mass is 79.9. The van der Waals surface area contributed by atoms with E-state index in [1.165, 1.54) is 11.1 Å². The van der Waals surface area contributed by atoms with Crippen molar-refractivity contribution in [3.63, 3.8) is 0 Å². The van der Waals surface area contributed by atoms with Gasteiger partial charge in [-0.25, -0.2) is 0 Å². The minimum absolute atomic E-state index is 0.783. The molecule has 5 heteroatoms. The Kier molecular flexibility index (Phi) is 4.01. The molecule has 3 rings (SSSR count). The first kappa shape index (κ1) is 14.2. The molecule has 1 aromatic carbocycles. The Hall–Kier alpha value is -1.75. The number of rotatable bonds is 3. The molecule has 110 valence electrons. The fraction of sp³-hybridized carbons (Fsp3) is 0.312. The number of hydrogen-bond donors (Lipinski definition) is 0. The zero-order valence-electron chi connectivity index (χ0n) is 12.1. The molecule has 0 aliphatic carbocycles. The first-order valence-electron chi connectivity index (χ1n) is 6.80. The van der Waals surface area contributed by atoms with Gasteiger partial charge in [-0.05, 0) is 51.7 Å². The molecule has 0 unspecified atom stereocenters. The summed E-state index contributed by atoms with van der Waals surface area (Å²) in [5.41, 5.74) is 3.73. The summed E-state index contributed by atoms with van der Waals surface area (Å²) < 4.78 is 11.8. The fourth-order valence-electron chi connectivity index (χ4n) is 2.68. The molecule has 21 heavy (non-hydrogen) atoms. The van der Waals surface area contributed by atoms with E-state index >= 15 is 0 Å². The summed E-state index contributed by atoms with van der Waals surface area (Å²) in [6, 6.07) is 6.26. The van der Waals surface area contributed by atoms with Gasteiger partial charge in [0.25, 0.3) is 0 Å². The van der Waals surface area contributed by atoms with E-state index in [2.05, 4.69) is 44.0 Å². The molecule has 0 amide bonds. The number of aromatic nitrogens is 1. The lowest BCUT2D eigenvalue weighted by atomic mass is 9.98. The largest absolute Gasteiger partial charge is 0.493 e. The molecule has 0 saturated heterocycles. The van der Waals surface area contributed by atoms with Gasteiger partial charge in [-0.2, -0.15) is 0 Å². The van der Waals surface area contributed by atoms with Crippen molar-refractivity contribution in [3.05, 3.63) is 46.2 Å². The van der Waals surface area contributed by atoms with Crippen molar-refractivity contribution >= 4 is 21.6 Å². The average Bonchev–Trinajstić information content (AvgIpc) is 2.53. The quantitative estimate of drug-likeness (QED) is 0.851. The van der Waals surface area contributed by atoms with Gasteiger partial charge in [-0.15, -0.1) is 0 Å². The summed E-state index contributed by atoms with van der Waals surface area (Å²) in [6.07, 6.45) is 4.69. The Morgan fingerprint density at radius 1 is 1.05 bits per heavy atom. The van der Waals surface area contributed by atoms with Gasteiger partial charge < -0.3 is 14.4 Å². The smallest absolute Gasteiger partial charge is 0.161 e. The summed E-state index contributed by atoms with van der Waals surface area (Å²) in [6.45, 7) is 1.83. The maximum atomic E-state index is 5.40. The highest BCUT2D eigenvalue weighted by Gasteiger charge is 2.20. The third kappa shape index (κ3) is 2.83. The predicted octanol–water partition coefficient (Wildman–Crippen LogP) is 3.42. The van der Waals surface area contributed by atoms with Crippen molar-refractivity contribution in [3.8, 4) is 11.5 Å². The Morgan fingerprint density at radius 2 is 1.76 bits per heavy atom. The van der Waals surface area contributed by atoms with Gasteiger partial charge in [0.1, 0.15) is 0 Å². The van der Waals surface area contributed by atoms with E-state index < -0.39 is 0 Å². The normalized spacial score (nSPS) is 13.8. The molecule has 0 fully saturated rings. The topological polar surface area (TPSA) is 34.6 Å². The lowest BCUT2D eigenvalue weighted by Gasteiger charge is -2.31. The van der Waals surface area contributed by atoms with Crippen molar-refractivity contribution in [2.24, 2.45) is 0 Å². The molecule has 4 nitrogen and oxygen atoms in total. The number of hydrogen-bond acceptors (Lipinski definition) is 4. The van der Waals surface area contributed by atoms with E-state index in [1.807, 2.05) is 6.20 Å². The molecule has 0 radical (unpaired) electrons. The van der Waals surface area contributed by atoms with Crippen LogP contribution in [0.1, 0.15) is 11.1 Å². The van der Waals surface area contributed by atoms with Gasteiger partial charge in [0, 0.05) is 23.8 Å². The van der Waals surface area contributed by atoms with Crippen LogP contribution in [-0.4, -0.2) is 25.7 Å². The number of fused-ring (bicyclic) bond motifs is 1. The Labute approximate surface area is 132 Å². The summed E-state index contributed by atoms with van der Waals surface area (Å²) >= 11 is 3.48. The molecule has 0 N–H and O–H groups in total. The first-order chi connectivity index (χ1) is 10.2. The van der Waals surface area contributed by atoms with Crippen molar-refractivity contribution in [1.82, 2.24) is 4.98 Å². The van der Waals surface area contributed by atoms with Crippen LogP contribution < -0.4 is 14.4 Å². The molecular weight excluding hydrogens is 332 g/mol. The lowest BCUT2D eigenvalue weighted by Crippen LogP contribution is -2.30. The van der Waals surface area contributed by atoms with Crippen LogP contribution >= 0.6 is 15.9 Å². The standard InChI is InChI=1S/C16H17BrN2O2/c1-20-15-5-11-3-4-19(10-12(11)6-16(15)21-2)14-7-13(17)8-18-9-14/h5-9H,3-4,10H2,1-2H3. The van der Waals surface area contributed by atoms with Crippen LogP contribution in [0.4, 0.5) is 5.69 Å². The lowest BCUT2D eigenvalue weighted by molar-refractivity contribution is 0.353. The van der Waals surface area contributed by atoms with Gasteiger partial charge in [-0.3, -0.25) is 4.98 Å². The van der Waals surface area contributed by atoms with Gasteiger partial charge >= 0.3 is 0 Å². The number of anilines is 1.